The summed E-state index contributed by atoms with van der Waals surface area (Å²) in [5, 5.41) is 6.69. The first-order valence-electron chi connectivity index (χ1n) is 9.23. The minimum absolute atomic E-state index is 0.0180. The molecule has 0 radical (unpaired) electrons. The third-order valence-corrected chi connectivity index (χ3v) is 5.26. The fraction of sp³-hybridized carbons (Fsp3) is 0.400. The molecule has 2 aromatic rings. The monoisotopic (exact) mass is 387 g/mol. The SMILES string of the molecule is CCOc1ccccc1C(=O)N1CCN(CCNC(=O)c2ccsc2)CC1. The van der Waals surface area contributed by atoms with Crippen LogP contribution in [0.25, 0.3) is 0 Å². The van der Waals surface area contributed by atoms with Gasteiger partial charge < -0.3 is 15.0 Å². The Bertz CT molecular complexity index is 756. The van der Waals surface area contributed by atoms with Gasteiger partial charge in [0.25, 0.3) is 11.8 Å². The van der Waals surface area contributed by atoms with Crippen molar-refractivity contribution in [1.82, 2.24) is 15.1 Å². The van der Waals surface area contributed by atoms with E-state index in [2.05, 4.69) is 10.2 Å². The van der Waals surface area contributed by atoms with Crippen molar-refractivity contribution in [2.45, 2.75) is 6.92 Å². The van der Waals surface area contributed by atoms with Crippen LogP contribution in [-0.2, 0) is 0 Å². The highest BCUT2D eigenvalue weighted by Gasteiger charge is 2.24. The van der Waals surface area contributed by atoms with Gasteiger partial charge in [-0.1, -0.05) is 12.1 Å². The van der Waals surface area contributed by atoms with Crippen molar-refractivity contribution in [3.8, 4) is 5.75 Å². The molecule has 1 aromatic carbocycles. The summed E-state index contributed by atoms with van der Waals surface area (Å²) in [6.45, 7) is 6.80. The predicted molar refractivity (Wildman–Crippen MR) is 107 cm³/mol. The molecule has 6 nitrogen and oxygen atoms in total. The minimum atomic E-state index is -0.0300. The summed E-state index contributed by atoms with van der Waals surface area (Å²) in [5.41, 5.74) is 1.33. The molecule has 2 heterocycles. The van der Waals surface area contributed by atoms with Gasteiger partial charge in [-0.25, -0.2) is 0 Å². The van der Waals surface area contributed by atoms with Crippen LogP contribution in [-0.4, -0.2) is 67.5 Å². The number of nitrogens with zero attached hydrogens (tertiary/aromatic N) is 2. The maximum Gasteiger partial charge on any atom is 0.257 e. The molecule has 0 saturated carbocycles. The molecule has 1 fully saturated rings. The average Bonchev–Trinajstić information content (AvgIpc) is 3.24. The van der Waals surface area contributed by atoms with E-state index in [0.29, 0.717) is 43.1 Å². The van der Waals surface area contributed by atoms with E-state index in [1.165, 1.54) is 11.3 Å². The number of ether oxygens (including phenoxy) is 1. The molecule has 0 atom stereocenters. The van der Waals surface area contributed by atoms with Crippen LogP contribution in [0.2, 0.25) is 0 Å². The molecule has 144 valence electrons. The second-order valence-electron chi connectivity index (χ2n) is 6.33. The number of benzene rings is 1. The Hall–Kier alpha value is -2.38. The molecule has 1 saturated heterocycles. The summed E-state index contributed by atoms with van der Waals surface area (Å²) >= 11 is 1.52. The van der Waals surface area contributed by atoms with Crippen LogP contribution in [0.3, 0.4) is 0 Å². The molecule has 0 aliphatic carbocycles. The first-order chi connectivity index (χ1) is 13.2. The molecule has 1 aliphatic heterocycles. The lowest BCUT2D eigenvalue weighted by Crippen LogP contribution is -2.50. The number of rotatable bonds is 7. The number of hydrogen-bond donors (Lipinski definition) is 1. The molecule has 3 rings (SSSR count). The van der Waals surface area contributed by atoms with E-state index in [9.17, 15) is 9.59 Å². The Kier molecular flexibility index (Phi) is 6.84. The molecular weight excluding hydrogens is 362 g/mol. The topological polar surface area (TPSA) is 61.9 Å². The number of carbonyl (C=O) groups excluding carboxylic acids is 2. The minimum Gasteiger partial charge on any atom is -0.493 e. The van der Waals surface area contributed by atoms with E-state index in [-0.39, 0.29) is 11.8 Å². The van der Waals surface area contributed by atoms with Crippen molar-refractivity contribution in [1.29, 1.82) is 0 Å². The van der Waals surface area contributed by atoms with Crippen LogP contribution >= 0.6 is 11.3 Å². The molecule has 2 amide bonds. The largest absolute Gasteiger partial charge is 0.493 e. The molecule has 1 aromatic heterocycles. The Labute approximate surface area is 163 Å². The molecule has 27 heavy (non-hydrogen) atoms. The Morgan fingerprint density at radius 2 is 1.93 bits per heavy atom. The van der Waals surface area contributed by atoms with E-state index in [4.69, 9.17) is 4.74 Å². The summed E-state index contributed by atoms with van der Waals surface area (Å²) in [4.78, 5) is 28.9. The lowest BCUT2D eigenvalue weighted by molar-refractivity contribution is 0.0634. The fourth-order valence-electron chi connectivity index (χ4n) is 3.09. The quantitative estimate of drug-likeness (QED) is 0.792. The first-order valence-corrected chi connectivity index (χ1v) is 10.2. The van der Waals surface area contributed by atoms with Crippen molar-refractivity contribution >= 4 is 23.2 Å². The highest BCUT2D eigenvalue weighted by Crippen LogP contribution is 2.20. The van der Waals surface area contributed by atoms with Crippen molar-refractivity contribution in [3.63, 3.8) is 0 Å². The van der Waals surface area contributed by atoms with Gasteiger partial charge >= 0.3 is 0 Å². The van der Waals surface area contributed by atoms with E-state index in [1.807, 2.05) is 52.9 Å². The van der Waals surface area contributed by atoms with Crippen molar-refractivity contribution in [2.24, 2.45) is 0 Å². The summed E-state index contributed by atoms with van der Waals surface area (Å²) in [7, 11) is 0. The predicted octanol–water partition coefficient (Wildman–Crippen LogP) is 2.33. The Balaban J connectivity index is 1.45. The van der Waals surface area contributed by atoms with Gasteiger partial charge in [0.15, 0.2) is 0 Å². The molecule has 7 heteroatoms. The molecular formula is C20H25N3O3S. The number of carbonyl (C=O) groups is 2. The number of para-hydroxylation sites is 1. The second-order valence-corrected chi connectivity index (χ2v) is 7.11. The molecule has 0 spiro atoms. The van der Waals surface area contributed by atoms with E-state index in [0.717, 1.165) is 19.6 Å². The van der Waals surface area contributed by atoms with Gasteiger partial charge in [-0.05, 0) is 30.5 Å². The van der Waals surface area contributed by atoms with Crippen molar-refractivity contribution < 1.29 is 14.3 Å². The maximum atomic E-state index is 12.8. The normalized spacial score (nSPS) is 14.8. The van der Waals surface area contributed by atoms with E-state index in [1.54, 1.807) is 0 Å². The van der Waals surface area contributed by atoms with Crippen LogP contribution < -0.4 is 10.1 Å². The highest BCUT2D eigenvalue weighted by atomic mass is 32.1. The van der Waals surface area contributed by atoms with Crippen molar-refractivity contribution in [3.05, 3.63) is 52.2 Å². The van der Waals surface area contributed by atoms with Gasteiger partial charge in [0.05, 0.1) is 12.2 Å². The zero-order valence-corrected chi connectivity index (χ0v) is 16.3. The third-order valence-electron chi connectivity index (χ3n) is 4.57. The van der Waals surface area contributed by atoms with Crippen LogP contribution in [0.15, 0.2) is 41.1 Å². The zero-order valence-electron chi connectivity index (χ0n) is 15.5. The number of nitrogens with one attached hydrogen (secondary N) is 1. The van der Waals surface area contributed by atoms with Crippen LogP contribution in [0.4, 0.5) is 0 Å². The van der Waals surface area contributed by atoms with Gasteiger partial charge in [-0.15, -0.1) is 0 Å². The van der Waals surface area contributed by atoms with Gasteiger partial charge in [-0.2, -0.15) is 11.3 Å². The van der Waals surface area contributed by atoms with Crippen LogP contribution in [0.1, 0.15) is 27.6 Å². The summed E-state index contributed by atoms with van der Waals surface area (Å²) < 4.78 is 5.58. The van der Waals surface area contributed by atoms with Crippen molar-refractivity contribution in [2.75, 3.05) is 45.9 Å². The molecule has 0 unspecified atom stereocenters. The number of amides is 2. The number of piperazine rings is 1. The molecule has 1 aliphatic rings. The fourth-order valence-corrected chi connectivity index (χ4v) is 3.73. The van der Waals surface area contributed by atoms with Crippen LogP contribution in [0.5, 0.6) is 5.75 Å². The smallest absolute Gasteiger partial charge is 0.257 e. The standard InChI is InChI=1S/C20H25N3O3S/c1-2-26-18-6-4-3-5-17(18)20(25)23-12-10-22(11-13-23)9-8-21-19(24)16-7-14-27-15-16/h3-7,14-15H,2,8-13H2,1H3,(H,21,24). The zero-order chi connectivity index (χ0) is 19.1. The summed E-state index contributed by atoms with van der Waals surface area (Å²) in [5.74, 6) is 0.630. The Morgan fingerprint density at radius 3 is 2.63 bits per heavy atom. The highest BCUT2D eigenvalue weighted by molar-refractivity contribution is 7.08. The van der Waals surface area contributed by atoms with Gasteiger partial charge in [-0.3, -0.25) is 14.5 Å². The van der Waals surface area contributed by atoms with E-state index < -0.39 is 0 Å². The van der Waals surface area contributed by atoms with Gasteiger partial charge in [0.1, 0.15) is 5.75 Å². The number of thiophene rings is 1. The Morgan fingerprint density at radius 1 is 1.15 bits per heavy atom. The van der Waals surface area contributed by atoms with Gasteiger partial charge in [0, 0.05) is 50.2 Å². The number of hydrogen-bond acceptors (Lipinski definition) is 5. The lowest BCUT2D eigenvalue weighted by atomic mass is 10.1. The molecule has 1 N–H and O–H groups in total. The van der Waals surface area contributed by atoms with Gasteiger partial charge in [0.2, 0.25) is 0 Å². The lowest BCUT2D eigenvalue weighted by Gasteiger charge is -2.35. The second kappa shape index (κ2) is 9.53. The third kappa shape index (κ3) is 5.08. The molecule has 0 bridgehead atoms. The van der Waals surface area contributed by atoms with E-state index >= 15 is 0 Å². The summed E-state index contributed by atoms with van der Waals surface area (Å²) in [6, 6.07) is 9.22. The maximum absolute atomic E-state index is 12.8. The first kappa shape index (κ1) is 19.4. The summed E-state index contributed by atoms with van der Waals surface area (Å²) in [6.07, 6.45) is 0. The average molecular weight is 388 g/mol. The van der Waals surface area contributed by atoms with Crippen LogP contribution in [0, 0.1) is 0 Å².